The molecule has 102 valence electrons. The fourth-order valence-electron chi connectivity index (χ4n) is 2.17. The number of hydrogen-bond acceptors (Lipinski definition) is 3. The summed E-state index contributed by atoms with van der Waals surface area (Å²) in [5.74, 6) is 5.24. The van der Waals surface area contributed by atoms with Gasteiger partial charge in [0.1, 0.15) is 6.61 Å². The molecule has 0 unspecified atom stereocenters. The molecule has 0 atom stereocenters. The first-order valence-corrected chi connectivity index (χ1v) is 7.70. The van der Waals surface area contributed by atoms with Gasteiger partial charge in [-0.05, 0) is 37.5 Å². The third kappa shape index (κ3) is 2.98. The minimum absolute atomic E-state index is 0.237. The van der Waals surface area contributed by atoms with Crippen LogP contribution in [-0.2, 0) is 10.0 Å². The van der Waals surface area contributed by atoms with Crippen LogP contribution in [0.15, 0.2) is 23.1 Å². The highest BCUT2D eigenvalue weighted by Gasteiger charge is 2.28. The average molecular weight is 279 g/mol. The van der Waals surface area contributed by atoms with Gasteiger partial charge in [-0.15, -0.1) is 0 Å². The van der Waals surface area contributed by atoms with Crippen molar-refractivity contribution in [3.05, 3.63) is 29.3 Å². The molecule has 1 N–H and O–H groups in total. The van der Waals surface area contributed by atoms with Gasteiger partial charge in [0.15, 0.2) is 0 Å². The second-order valence-corrected chi connectivity index (χ2v) is 6.48. The Bertz CT molecular complexity index is 620. The fraction of sp³-hybridized carbons (Fsp3) is 0.429. The molecule has 1 fully saturated rings. The Morgan fingerprint density at radius 3 is 2.63 bits per heavy atom. The largest absolute Gasteiger partial charge is 0.384 e. The fourth-order valence-corrected chi connectivity index (χ4v) is 3.81. The number of benzene rings is 1. The Hall–Kier alpha value is -1.35. The number of hydrogen-bond donors (Lipinski definition) is 1. The molecule has 0 amide bonds. The van der Waals surface area contributed by atoms with E-state index in [2.05, 4.69) is 11.8 Å². The summed E-state index contributed by atoms with van der Waals surface area (Å²) in [6.07, 6.45) is 1.81. The van der Waals surface area contributed by atoms with E-state index in [9.17, 15) is 8.42 Å². The molecule has 1 heterocycles. The van der Waals surface area contributed by atoms with Crippen LogP contribution in [0.5, 0.6) is 0 Å². The first kappa shape index (κ1) is 14.1. The van der Waals surface area contributed by atoms with Crippen LogP contribution in [-0.4, -0.2) is 37.5 Å². The van der Waals surface area contributed by atoms with E-state index in [4.69, 9.17) is 5.11 Å². The molecule has 0 radical (unpaired) electrons. The third-order valence-corrected chi connectivity index (χ3v) is 5.08. The van der Waals surface area contributed by atoms with Crippen LogP contribution in [0.2, 0.25) is 0 Å². The molecule has 0 aromatic heterocycles. The zero-order chi connectivity index (χ0) is 13.9. The highest BCUT2D eigenvalue weighted by molar-refractivity contribution is 7.89. The summed E-state index contributed by atoms with van der Waals surface area (Å²) in [5.41, 5.74) is 1.41. The van der Waals surface area contributed by atoms with Crippen LogP contribution >= 0.6 is 0 Å². The van der Waals surface area contributed by atoms with E-state index in [-0.39, 0.29) is 11.5 Å². The normalized spacial score (nSPS) is 16.1. The lowest BCUT2D eigenvalue weighted by Crippen LogP contribution is -2.28. The van der Waals surface area contributed by atoms with Crippen LogP contribution in [0, 0.1) is 18.8 Å². The summed E-state index contributed by atoms with van der Waals surface area (Å²) < 4.78 is 26.6. The topological polar surface area (TPSA) is 57.6 Å². The van der Waals surface area contributed by atoms with Gasteiger partial charge in [0.05, 0.1) is 4.90 Å². The lowest BCUT2D eigenvalue weighted by Gasteiger charge is -2.16. The van der Waals surface area contributed by atoms with Crippen molar-refractivity contribution in [2.75, 3.05) is 19.7 Å². The molecule has 1 aliphatic rings. The number of aliphatic hydroxyl groups is 1. The molecule has 4 nitrogen and oxygen atoms in total. The first-order valence-electron chi connectivity index (χ1n) is 6.26. The number of rotatable bonds is 2. The van der Waals surface area contributed by atoms with Crippen LogP contribution in [0.25, 0.3) is 0 Å². The summed E-state index contributed by atoms with van der Waals surface area (Å²) in [6.45, 7) is 2.75. The monoisotopic (exact) mass is 279 g/mol. The highest BCUT2D eigenvalue weighted by atomic mass is 32.2. The van der Waals surface area contributed by atoms with Gasteiger partial charge in [-0.1, -0.05) is 17.9 Å². The van der Waals surface area contributed by atoms with E-state index in [0.29, 0.717) is 18.7 Å². The van der Waals surface area contributed by atoms with Gasteiger partial charge in [-0.2, -0.15) is 4.31 Å². The third-order valence-electron chi connectivity index (χ3n) is 3.12. The molecule has 1 aliphatic heterocycles. The smallest absolute Gasteiger partial charge is 0.244 e. The van der Waals surface area contributed by atoms with Crippen molar-refractivity contribution in [2.45, 2.75) is 24.7 Å². The maximum atomic E-state index is 12.5. The summed E-state index contributed by atoms with van der Waals surface area (Å²) in [5, 5.41) is 8.77. The second kappa shape index (κ2) is 5.74. The number of aryl methyl sites for hydroxylation is 1. The molecule has 0 saturated carbocycles. The summed E-state index contributed by atoms with van der Waals surface area (Å²) >= 11 is 0. The molecule has 1 saturated heterocycles. The zero-order valence-corrected chi connectivity index (χ0v) is 11.7. The maximum Gasteiger partial charge on any atom is 0.244 e. The minimum Gasteiger partial charge on any atom is -0.384 e. The lowest BCUT2D eigenvalue weighted by atomic mass is 10.1. The SMILES string of the molecule is Cc1ccc(S(=O)(=O)N2CCCC2)c(C#CCO)c1. The predicted molar refractivity (Wildman–Crippen MR) is 73.1 cm³/mol. The molecule has 1 aromatic rings. The predicted octanol–water partition coefficient (Wildman–Crippen LogP) is 1.12. The Kier molecular flexibility index (Phi) is 4.25. The van der Waals surface area contributed by atoms with E-state index in [1.807, 2.05) is 6.92 Å². The quantitative estimate of drug-likeness (QED) is 0.825. The van der Waals surface area contributed by atoms with E-state index in [0.717, 1.165) is 18.4 Å². The standard InChI is InChI=1S/C14H17NO3S/c1-12-6-7-14(13(11-12)5-4-10-16)19(17,18)15-8-2-3-9-15/h6-7,11,16H,2-3,8-10H2,1H3. The van der Waals surface area contributed by atoms with Gasteiger partial charge >= 0.3 is 0 Å². The molecule has 0 aliphatic carbocycles. The van der Waals surface area contributed by atoms with Gasteiger partial charge < -0.3 is 5.11 Å². The average Bonchev–Trinajstić information content (AvgIpc) is 2.90. The molecule has 19 heavy (non-hydrogen) atoms. The number of aliphatic hydroxyl groups excluding tert-OH is 1. The highest BCUT2D eigenvalue weighted by Crippen LogP contribution is 2.24. The molecular formula is C14H17NO3S. The van der Waals surface area contributed by atoms with E-state index in [1.165, 1.54) is 4.31 Å². The molecule has 2 rings (SSSR count). The van der Waals surface area contributed by atoms with Gasteiger partial charge in [0.25, 0.3) is 0 Å². The maximum absolute atomic E-state index is 12.5. The van der Waals surface area contributed by atoms with Gasteiger partial charge in [0.2, 0.25) is 10.0 Å². The van der Waals surface area contributed by atoms with Crippen molar-refractivity contribution in [1.29, 1.82) is 0 Å². The van der Waals surface area contributed by atoms with E-state index in [1.54, 1.807) is 18.2 Å². The Balaban J connectivity index is 2.49. The summed E-state index contributed by atoms with van der Waals surface area (Å²) in [7, 11) is -3.47. The van der Waals surface area contributed by atoms with Crippen molar-refractivity contribution >= 4 is 10.0 Å². The number of sulfonamides is 1. The number of nitrogens with zero attached hydrogens (tertiary/aromatic N) is 1. The minimum atomic E-state index is -3.47. The van der Waals surface area contributed by atoms with Crippen LogP contribution in [0.3, 0.4) is 0 Å². The van der Waals surface area contributed by atoms with Crippen molar-refractivity contribution < 1.29 is 13.5 Å². The van der Waals surface area contributed by atoms with Gasteiger partial charge in [0, 0.05) is 18.7 Å². The van der Waals surface area contributed by atoms with Crippen molar-refractivity contribution in [1.82, 2.24) is 4.31 Å². The molecule has 1 aromatic carbocycles. The van der Waals surface area contributed by atoms with Gasteiger partial charge in [-0.3, -0.25) is 0 Å². The van der Waals surface area contributed by atoms with E-state index >= 15 is 0 Å². The molecular weight excluding hydrogens is 262 g/mol. The molecule has 0 bridgehead atoms. The molecule has 5 heteroatoms. The zero-order valence-electron chi connectivity index (χ0n) is 10.9. The molecule has 0 spiro atoms. The van der Waals surface area contributed by atoms with Gasteiger partial charge in [-0.25, -0.2) is 8.42 Å². The van der Waals surface area contributed by atoms with Crippen molar-refractivity contribution in [3.63, 3.8) is 0 Å². The first-order chi connectivity index (χ1) is 9.05. The van der Waals surface area contributed by atoms with Crippen molar-refractivity contribution in [2.24, 2.45) is 0 Å². The Labute approximate surface area is 114 Å². The van der Waals surface area contributed by atoms with Crippen molar-refractivity contribution in [3.8, 4) is 11.8 Å². The van der Waals surface area contributed by atoms with Crippen LogP contribution < -0.4 is 0 Å². The summed E-state index contributed by atoms with van der Waals surface area (Å²) in [6, 6.07) is 5.11. The summed E-state index contributed by atoms with van der Waals surface area (Å²) in [4.78, 5) is 0.237. The van der Waals surface area contributed by atoms with Crippen LogP contribution in [0.1, 0.15) is 24.0 Å². The Morgan fingerprint density at radius 2 is 2.00 bits per heavy atom. The Morgan fingerprint density at radius 1 is 1.32 bits per heavy atom. The van der Waals surface area contributed by atoms with E-state index < -0.39 is 10.0 Å². The second-order valence-electron chi connectivity index (χ2n) is 4.57. The van der Waals surface area contributed by atoms with Crippen LogP contribution in [0.4, 0.5) is 0 Å². The lowest BCUT2D eigenvalue weighted by molar-refractivity contribution is 0.350.